The lowest BCUT2D eigenvalue weighted by atomic mass is 10.4. The molecule has 0 aliphatic rings. The molecule has 0 saturated heterocycles. The number of aromatic nitrogens is 3. The zero-order valence-electron chi connectivity index (χ0n) is 7.48. The smallest absolute Gasteiger partial charge is 0.196 e. The predicted molar refractivity (Wildman–Crippen MR) is 53.1 cm³/mol. The summed E-state index contributed by atoms with van der Waals surface area (Å²) in [4.78, 5) is 8.37. The molecule has 0 radical (unpaired) electrons. The van der Waals surface area contributed by atoms with Crippen molar-refractivity contribution in [2.45, 2.75) is 13.8 Å². The van der Waals surface area contributed by atoms with Gasteiger partial charge in [-0.2, -0.15) is 0 Å². The Kier molecular flexibility index (Phi) is 1.81. The second kappa shape index (κ2) is 2.85. The molecule has 13 heavy (non-hydrogen) atoms. The molecule has 0 aromatic carbocycles. The predicted octanol–water partition coefficient (Wildman–Crippen LogP) is 1.53. The van der Waals surface area contributed by atoms with Gasteiger partial charge in [0.1, 0.15) is 11.3 Å². The maximum absolute atomic E-state index is 5.60. The molecule has 2 N–H and O–H groups in total. The third kappa shape index (κ3) is 1.31. The zero-order chi connectivity index (χ0) is 9.42. The van der Waals surface area contributed by atoms with Gasteiger partial charge in [-0.3, -0.25) is 4.57 Å². The van der Waals surface area contributed by atoms with Gasteiger partial charge in [-0.15, -0.1) is 0 Å². The highest BCUT2D eigenvalue weighted by Gasteiger charge is 2.06. The Hall–Kier alpha value is -1.36. The van der Waals surface area contributed by atoms with E-state index in [4.69, 9.17) is 5.73 Å². The highest BCUT2D eigenvalue weighted by Crippen LogP contribution is 2.20. The van der Waals surface area contributed by atoms with Crippen LogP contribution in [0.3, 0.4) is 0 Å². The molecule has 4 nitrogen and oxygen atoms in total. The van der Waals surface area contributed by atoms with Crippen molar-refractivity contribution >= 4 is 16.3 Å². The van der Waals surface area contributed by atoms with Gasteiger partial charge in [-0.1, -0.05) is 11.3 Å². The standard InChI is InChI=1S/C8H10N4S/c1-5-6(2)12(4-11-5)8-10-3-7(9)13-8/h3-4H,9H2,1-2H3. The van der Waals surface area contributed by atoms with Crippen molar-refractivity contribution in [1.82, 2.24) is 14.5 Å². The van der Waals surface area contributed by atoms with Crippen LogP contribution in [0.2, 0.25) is 0 Å². The average molecular weight is 194 g/mol. The van der Waals surface area contributed by atoms with Crippen molar-refractivity contribution in [2.24, 2.45) is 0 Å². The van der Waals surface area contributed by atoms with Gasteiger partial charge in [-0.25, -0.2) is 9.97 Å². The maximum atomic E-state index is 5.60. The van der Waals surface area contributed by atoms with Gasteiger partial charge in [0, 0.05) is 5.69 Å². The molecule has 0 aliphatic carbocycles. The van der Waals surface area contributed by atoms with Crippen LogP contribution in [-0.4, -0.2) is 14.5 Å². The molecule has 0 bridgehead atoms. The van der Waals surface area contributed by atoms with E-state index in [-0.39, 0.29) is 0 Å². The fourth-order valence-electron chi connectivity index (χ4n) is 1.08. The average Bonchev–Trinajstić information content (AvgIpc) is 2.62. The molecular formula is C8H10N4S. The molecule has 0 atom stereocenters. The summed E-state index contributed by atoms with van der Waals surface area (Å²) in [5, 5.41) is 1.59. The highest BCUT2D eigenvalue weighted by atomic mass is 32.1. The van der Waals surface area contributed by atoms with Crippen molar-refractivity contribution in [1.29, 1.82) is 0 Å². The minimum atomic E-state index is 0.723. The lowest BCUT2D eigenvalue weighted by Crippen LogP contribution is -1.93. The zero-order valence-corrected chi connectivity index (χ0v) is 8.30. The number of aryl methyl sites for hydroxylation is 1. The Morgan fingerprint density at radius 2 is 2.15 bits per heavy atom. The van der Waals surface area contributed by atoms with Crippen LogP contribution in [0.1, 0.15) is 11.4 Å². The Bertz CT molecular complexity index is 429. The van der Waals surface area contributed by atoms with E-state index in [1.165, 1.54) is 11.3 Å². The molecular weight excluding hydrogens is 184 g/mol. The first-order valence-electron chi connectivity index (χ1n) is 3.90. The van der Waals surface area contributed by atoms with E-state index in [2.05, 4.69) is 9.97 Å². The van der Waals surface area contributed by atoms with Crippen LogP contribution in [-0.2, 0) is 0 Å². The Morgan fingerprint density at radius 1 is 1.38 bits per heavy atom. The van der Waals surface area contributed by atoms with Crippen LogP contribution >= 0.6 is 11.3 Å². The maximum Gasteiger partial charge on any atom is 0.196 e. The number of nitrogens with two attached hydrogens (primary N) is 1. The summed E-state index contributed by atoms with van der Waals surface area (Å²) in [6.45, 7) is 3.99. The molecule has 0 spiro atoms. The van der Waals surface area contributed by atoms with Crippen molar-refractivity contribution in [3.63, 3.8) is 0 Å². The molecule has 5 heteroatoms. The quantitative estimate of drug-likeness (QED) is 0.749. The van der Waals surface area contributed by atoms with Gasteiger partial charge < -0.3 is 5.73 Å². The van der Waals surface area contributed by atoms with E-state index in [9.17, 15) is 0 Å². The van der Waals surface area contributed by atoms with Gasteiger partial charge in [0.2, 0.25) is 0 Å². The highest BCUT2D eigenvalue weighted by molar-refractivity contribution is 7.17. The fraction of sp³-hybridized carbons (Fsp3) is 0.250. The van der Waals surface area contributed by atoms with Crippen molar-refractivity contribution in [3.8, 4) is 5.13 Å². The van der Waals surface area contributed by atoms with Crippen molar-refractivity contribution in [2.75, 3.05) is 5.73 Å². The van der Waals surface area contributed by atoms with Crippen LogP contribution in [0.5, 0.6) is 0 Å². The number of hydrogen-bond donors (Lipinski definition) is 1. The van der Waals surface area contributed by atoms with Gasteiger partial charge in [-0.05, 0) is 13.8 Å². The molecule has 2 aromatic rings. The molecule has 0 amide bonds. The topological polar surface area (TPSA) is 56.7 Å². The monoisotopic (exact) mass is 194 g/mol. The molecule has 2 rings (SSSR count). The first-order chi connectivity index (χ1) is 6.18. The molecule has 0 fully saturated rings. The number of nitrogen functional groups attached to an aromatic ring is 1. The van der Waals surface area contributed by atoms with Crippen LogP contribution in [0.15, 0.2) is 12.5 Å². The van der Waals surface area contributed by atoms with Crippen molar-refractivity contribution in [3.05, 3.63) is 23.9 Å². The minimum absolute atomic E-state index is 0.723. The molecule has 2 aromatic heterocycles. The van der Waals surface area contributed by atoms with E-state index < -0.39 is 0 Å². The Labute approximate surface area is 80.1 Å². The van der Waals surface area contributed by atoms with E-state index in [1.54, 1.807) is 12.5 Å². The van der Waals surface area contributed by atoms with Crippen LogP contribution < -0.4 is 5.73 Å². The lowest BCUT2D eigenvalue weighted by molar-refractivity contribution is 0.982. The Balaban J connectivity index is 2.52. The first kappa shape index (κ1) is 8.25. The summed E-state index contributed by atoms with van der Waals surface area (Å²) in [7, 11) is 0. The molecule has 68 valence electrons. The fourth-order valence-corrected chi connectivity index (χ4v) is 1.78. The summed E-state index contributed by atoms with van der Waals surface area (Å²) in [5.41, 5.74) is 7.72. The van der Waals surface area contributed by atoms with Gasteiger partial charge in [0.05, 0.1) is 11.9 Å². The largest absolute Gasteiger partial charge is 0.389 e. The summed E-state index contributed by atoms with van der Waals surface area (Å²) in [6, 6.07) is 0. The van der Waals surface area contributed by atoms with Crippen molar-refractivity contribution < 1.29 is 0 Å². The molecule has 0 saturated carbocycles. The molecule has 2 heterocycles. The number of anilines is 1. The number of rotatable bonds is 1. The van der Waals surface area contributed by atoms with Gasteiger partial charge in [0.15, 0.2) is 5.13 Å². The van der Waals surface area contributed by atoms with E-state index in [0.717, 1.165) is 21.5 Å². The lowest BCUT2D eigenvalue weighted by Gasteiger charge is -1.98. The normalized spacial score (nSPS) is 10.6. The van der Waals surface area contributed by atoms with E-state index in [0.29, 0.717) is 0 Å². The first-order valence-corrected chi connectivity index (χ1v) is 4.72. The van der Waals surface area contributed by atoms with Crippen LogP contribution in [0.25, 0.3) is 5.13 Å². The summed E-state index contributed by atoms with van der Waals surface area (Å²) < 4.78 is 1.94. The van der Waals surface area contributed by atoms with Gasteiger partial charge in [0.25, 0.3) is 0 Å². The van der Waals surface area contributed by atoms with Crippen LogP contribution in [0.4, 0.5) is 5.00 Å². The van der Waals surface area contributed by atoms with E-state index >= 15 is 0 Å². The third-order valence-electron chi connectivity index (χ3n) is 1.97. The second-order valence-electron chi connectivity index (χ2n) is 2.83. The third-order valence-corrected chi connectivity index (χ3v) is 2.80. The summed E-state index contributed by atoms with van der Waals surface area (Å²) in [6.07, 6.45) is 3.43. The van der Waals surface area contributed by atoms with Crippen LogP contribution in [0, 0.1) is 13.8 Å². The number of hydrogen-bond acceptors (Lipinski definition) is 4. The second-order valence-corrected chi connectivity index (χ2v) is 3.87. The SMILES string of the molecule is Cc1ncn(-c2ncc(N)s2)c1C. The number of thiazole rings is 1. The molecule has 0 unspecified atom stereocenters. The Morgan fingerprint density at radius 3 is 2.62 bits per heavy atom. The number of imidazole rings is 1. The van der Waals surface area contributed by atoms with Gasteiger partial charge >= 0.3 is 0 Å². The minimum Gasteiger partial charge on any atom is -0.389 e. The van der Waals surface area contributed by atoms with E-state index in [1.807, 2.05) is 18.4 Å². The summed E-state index contributed by atoms with van der Waals surface area (Å²) >= 11 is 1.46. The molecule has 0 aliphatic heterocycles. The summed E-state index contributed by atoms with van der Waals surface area (Å²) in [5.74, 6) is 0. The number of nitrogens with zero attached hydrogens (tertiary/aromatic N) is 3.